The Hall–Kier alpha value is -2.48. The fourth-order valence-electron chi connectivity index (χ4n) is 4.17. The Balaban J connectivity index is 1.50. The number of hydrogen-bond donors (Lipinski definition) is 1. The van der Waals surface area contributed by atoms with Gasteiger partial charge >= 0.3 is 0 Å². The van der Waals surface area contributed by atoms with Crippen molar-refractivity contribution in [1.82, 2.24) is 24.4 Å². The summed E-state index contributed by atoms with van der Waals surface area (Å²) < 4.78 is 7.86. The number of amides is 1. The quantitative estimate of drug-likeness (QED) is 0.803. The summed E-state index contributed by atoms with van der Waals surface area (Å²) in [6.45, 7) is 7.49. The number of likely N-dealkylation sites (tertiary alicyclic amines) is 1. The Morgan fingerprint density at radius 2 is 2.24 bits per heavy atom. The molecule has 4 heterocycles. The molecule has 1 atom stereocenters. The first-order valence-electron chi connectivity index (χ1n) is 10.4. The smallest absolute Gasteiger partial charge is 0.223 e. The zero-order valence-corrected chi connectivity index (χ0v) is 17.5. The lowest BCUT2D eigenvalue weighted by Gasteiger charge is -2.34. The number of fused-ring (bicyclic) bond motifs is 2. The molecule has 8 heteroatoms. The number of carbonyl (C=O) groups is 1. The highest BCUT2D eigenvalue weighted by Gasteiger charge is 2.46. The summed E-state index contributed by atoms with van der Waals surface area (Å²) in [5.74, 6) is 1.39. The Kier molecular flexibility index (Phi) is 5.54. The lowest BCUT2D eigenvalue weighted by Crippen LogP contribution is -2.41. The van der Waals surface area contributed by atoms with Crippen LogP contribution in [0.3, 0.4) is 0 Å². The van der Waals surface area contributed by atoms with Gasteiger partial charge in [-0.15, -0.1) is 0 Å². The molecule has 156 valence electrons. The molecule has 0 radical (unpaired) electrons. The molecule has 2 aliphatic heterocycles. The summed E-state index contributed by atoms with van der Waals surface area (Å²) in [6.07, 6.45) is 7.89. The molecule has 1 spiro atoms. The number of ether oxygens (including phenoxy) is 1. The van der Waals surface area contributed by atoms with E-state index in [0.717, 1.165) is 36.3 Å². The summed E-state index contributed by atoms with van der Waals surface area (Å²) >= 11 is 0. The molecule has 4 rings (SSSR count). The van der Waals surface area contributed by atoms with Gasteiger partial charge in [0, 0.05) is 44.5 Å². The van der Waals surface area contributed by atoms with Crippen LogP contribution in [-0.4, -0.2) is 50.0 Å². The van der Waals surface area contributed by atoms with Crippen LogP contribution in [0.15, 0.2) is 18.7 Å². The maximum absolute atomic E-state index is 12.7. The van der Waals surface area contributed by atoms with E-state index in [9.17, 15) is 4.79 Å². The molecule has 0 bridgehead atoms. The first-order chi connectivity index (χ1) is 14.0. The zero-order chi connectivity index (χ0) is 20.4. The summed E-state index contributed by atoms with van der Waals surface area (Å²) in [5, 5.41) is 3.31. The van der Waals surface area contributed by atoms with E-state index in [1.54, 1.807) is 6.33 Å². The fraction of sp³-hybridized carbons (Fsp3) is 0.619. The van der Waals surface area contributed by atoms with Gasteiger partial charge in [-0.05, 0) is 18.8 Å². The van der Waals surface area contributed by atoms with Crippen LogP contribution in [0.4, 0.5) is 5.95 Å². The van der Waals surface area contributed by atoms with Crippen LogP contribution < -0.4 is 5.32 Å². The molecule has 2 aliphatic rings. The van der Waals surface area contributed by atoms with Crippen LogP contribution >= 0.6 is 0 Å². The predicted octanol–water partition coefficient (Wildman–Crippen LogP) is 2.26. The first kappa shape index (κ1) is 19.8. The van der Waals surface area contributed by atoms with E-state index in [0.29, 0.717) is 44.6 Å². The van der Waals surface area contributed by atoms with Crippen LogP contribution in [0.1, 0.15) is 50.1 Å². The average molecular weight is 399 g/mol. The van der Waals surface area contributed by atoms with E-state index in [-0.39, 0.29) is 11.3 Å². The summed E-state index contributed by atoms with van der Waals surface area (Å²) in [7, 11) is 1.97. The Labute approximate surface area is 171 Å². The lowest BCUT2D eigenvalue weighted by atomic mass is 9.80. The van der Waals surface area contributed by atoms with Gasteiger partial charge in [0.2, 0.25) is 11.9 Å². The standard InChI is InChI=1S/C21H30N6O2/c1-15(2)4-5-18(28)27-7-6-21(12-27)13-29-11-16-8-23-20(25-19(16)21)24-10-17-9-22-14-26(17)3/h8-9,14-15H,4-7,10-13H2,1-3H3,(H,23,24,25)/t21-/m0/s1. The first-order valence-corrected chi connectivity index (χ1v) is 10.4. The van der Waals surface area contributed by atoms with Gasteiger partial charge in [-0.2, -0.15) is 0 Å². The van der Waals surface area contributed by atoms with Crippen molar-refractivity contribution in [2.24, 2.45) is 13.0 Å². The molecule has 2 aromatic heterocycles. The minimum Gasteiger partial charge on any atom is -0.376 e. The number of aryl methyl sites for hydroxylation is 1. The SMILES string of the molecule is CC(C)CCC(=O)N1CC[C@@]2(COCc3cnc(NCc4cncn4C)nc32)C1. The monoisotopic (exact) mass is 398 g/mol. The van der Waals surface area contributed by atoms with Crippen molar-refractivity contribution in [3.63, 3.8) is 0 Å². The lowest BCUT2D eigenvalue weighted by molar-refractivity contribution is -0.130. The van der Waals surface area contributed by atoms with Crippen LogP contribution in [-0.2, 0) is 35.1 Å². The molecular weight excluding hydrogens is 368 g/mol. The highest BCUT2D eigenvalue weighted by molar-refractivity contribution is 5.76. The van der Waals surface area contributed by atoms with E-state index in [1.807, 2.05) is 28.9 Å². The molecule has 0 aliphatic carbocycles. The normalized spacial score (nSPS) is 21.0. The van der Waals surface area contributed by atoms with E-state index in [1.165, 1.54) is 0 Å². The largest absolute Gasteiger partial charge is 0.376 e. The van der Waals surface area contributed by atoms with Crippen LogP contribution in [0.25, 0.3) is 0 Å². The molecule has 2 aromatic rings. The molecule has 0 unspecified atom stereocenters. The third-order valence-electron chi connectivity index (χ3n) is 5.99. The number of anilines is 1. The topological polar surface area (TPSA) is 85.2 Å². The average Bonchev–Trinajstić information content (AvgIpc) is 3.32. The summed E-state index contributed by atoms with van der Waals surface area (Å²) in [4.78, 5) is 28.1. The van der Waals surface area contributed by atoms with Crippen LogP contribution in [0.2, 0.25) is 0 Å². The fourth-order valence-corrected chi connectivity index (χ4v) is 4.17. The molecule has 1 fully saturated rings. The van der Waals surface area contributed by atoms with Crippen molar-refractivity contribution in [3.8, 4) is 0 Å². The van der Waals surface area contributed by atoms with Crippen LogP contribution in [0.5, 0.6) is 0 Å². The van der Waals surface area contributed by atoms with Gasteiger partial charge in [0.15, 0.2) is 0 Å². The minimum atomic E-state index is -0.229. The molecule has 0 aromatic carbocycles. The minimum absolute atomic E-state index is 0.229. The van der Waals surface area contributed by atoms with E-state index in [4.69, 9.17) is 9.72 Å². The van der Waals surface area contributed by atoms with E-state index in [2.05, 4.69) is 29.1 Å². The van der Waals surface area contributed by atoms with E-state index < -0.39 is 0 Å². The second-order valence-electron chi connectivity index (χ2n) is 8.69. The maximum atomic E-state index is 12.7. The molecule has 8 nitrogen and oxygen atoms in total. The third-order valence-corrected chi connectivity index (χ3v) is 5.99. The summed E-state index contributed by atoms with van der Waals surface area (Å²) in [5.41, 5.74) is 2.89. The second-order valence-corrected chi connectivity index (χ2v) is 8.69. The molecule has 1 N–H and O–H groups in total. The van der Waals surface area contributed by atoms with Gasteiger partial charge < -0.3 is 19.5 Å². The Morgan fingerprint density at radius 3 is 3.00 bits per heavy atom. The highest BCUT2D eigenvalue weighted by Crippen LogP contribution is 2.39. The summed E-state index contributed by atoms with van der Waals surface area (Å²) in [6, 6.07) is 0. The molecule has 29 heavy (non-hydrogen) atoms. The van der Waals surface area contributed by atoms with Gasteiger partial charge in [0.05, 0.1) is 42.9 Å². The number of nitrogens with one attached hydrogen (secondary N) is 1. The van der Waals surface area contributed by atoms with Crippen LogP contribution in [0, 0.1) is 5.92 Å². The molecular formula is C21H30N6O2. The number of imidazole rings is 1. The Bertz CT molecular complexity index is 880. The van der Waals surface area contributed by atoms with E-state index >= 15 is 0 Å². The van der Waals surface area contributed by atoms with Crippen molar-refractivity contribution in [3.05, 3.63) is 35.7 Å². The number of hydrogen-bond acceptors (Lipinski definition) is 6. The second kappa shape index (κ2) is 8.10. The number of aromatic nitrogens is 4. The van der Waals surface area contributed by atoms with Gasteiger partial charge in [0.1, 0.15) is 0 Å². The van der Waals surface area contributed by atoms with Crippen molar-refractivity contribution >= 4 is 11.9 Å². The number of carbonyl (C=O) groups excluding carboxylic acids is 1. The molecule has 1 amide bonds. The van der Waals surface area contributed by atoms with Crippen molar-refractivity contribution in [1.29, 1.82) is 0 Å². The van der Waals surface area contributed by atoms with Gasteiger partial charge in [-0.3, -0.25) is 4.79 Å². The third kappa shape index (κ3) is 4.12. The predicted molar refractivity (Wildman–Crippen MR) is 109 cm³/mol. The van der Waals surface area contributed by atoms with Crippen molar-refractivity contribution < 1.29 is 9.53 Å². The van der Waals surface area contributed by atoms with Gasteiger partial charge in [-0.1, -0.05) is 13.8 Å². The molecule has 1 saturated heterocycles. The zero-order valence-electron chi connectivity index (χ0n) is 17.5. The Morgan fingerprint density at radius 1 is 1.38 bits per heavy atom. The number of rotatable bonds is 6. The molecule has 0 saturated carbocycles. The highest BCUT2D eigenvalue weighted by atomic mass is 16.5. The van der Waals surface area contributed by atoms with Crippen molar-refractivity contribution in [2.45, 2.75) is 51.7 Å². The van der Waals surface area contributed by atoms with Gasteiger partial charge in [-0.25, -0.2) is 15.0 Å². The van der Waals surface area contributed by atoms with Crippen molar-refractivity contribution in [2.75, 3.05) is 25.0 Å². The van der Waals surface area contributed by atoms with Gasteiger partial charge in [0.25, 0.3) is 0 Å². The maximum Gasteiger partial charge on any atom is 0.223 e. The number of nitrogens with zero attached hydrogens (tertiary/aromatic N) is 5.